The molecule has 43 heavy (non-hydrogen) atoms. The van der Waals surface area contributed by atoms with E-state index in [4.69, 9.17) is 34.3 Å². The van der Waals surface area contributed by atoms with E-state index in [9.17, 15) is 14.4 Å². The fraction of sp³-hybridized carbons (Fsp3) is 0.500. The number of carbonyl (C=O) groups is 3. The van der Waals surface area contributed by atoms with Crippen molar-refractivity contribution >= 4 is 58.0 Å². The maximum Gasteiger partial charge on any atom is 0.256 e. The van der Waals surface area contributed by atoms with Gasteiger partial charge in [0, 0.05) is 23.2 Å². The molecule has 0 spiro atoms. The zero-order chi connectivity index (χ0) is 30.8. The molecule has 9 nitrogen and oxygen atoms in total. The van der Waals surface area contributed by atoms with Gasteiger partial charge in [-0.15, -0.1) is 0 Å². The van der Waals surface area contributed by atoms with Crippen LogP contribution >= 0.6 is 23.8 Å². The van der Waals surface area contributed by atoms with Crippen molar-refractivity contribution in [3.8, 4) is 5.75 Å². The van der Waals surface area contributed by atoms with Crippen molar-refractivity contribution in [2.75, 3.05) is 43.0 Å². The Hall–Kier alpha value is -3.21. The molecule has 0 bridgehead atoms. The van der Waals surface area contributed by atoms with Gasteiger partial charge >= 0.3 is 0 Å². The number of amides is 3. The Morgan fingerprint density at radius 2 is 1.70 bits per heavy atom. The summed E-state index contributed by atoms with van der Waals surface area (Å²) in [5.41, 5.74) is 6.73. The number of hydrogen-bond donors (Lipinski definition) is 2. The average molecular weight is 628 g/mol. The summed E-state index contributed by atoms with van der Waals surface area (Å²) in [6.07, 6.45) is 6.78. The molecule has 2 saturated heterocycles. The number of carbonyl (C=O) groups excluding carboxylic acids is 3. The first kappa shape index (κ1) is 32.7. The van der Waals surface area contributed by atoms with Crippen molar-refractivity contribution in [1.29, 1.82) is 0 Å². The standard InChI is InChI=1S/C32H42ClN5O4S/c1-2-3-4-5-21-42-27-13-9-25(10-14-27)35-29(39)22-28-31(41)38(26-11-7-24(33)8-12-26)32(43)37(28)18-6-17-36-19-15-23(16-20-36)30(34)40/h7-14,23,28H,2-6,15-22H2,1H3,(H2,34,40)(H,35,39)/t28-/m1/s1. The number of primary amides is 1. The third kappa shape index (κ3) is 9.14. The van der Waals surface area contributed by atoms with Gasteiger partial charge in [-0.3, -0.25) is 19.3 Å². The van der Waals surface area contributed by atoms with Crippen LogP contribution in [-0.4, -0.2) is 71.5 Å². The summed E-state index contributed by atoms with van der Waals surface area (Å²) in [7, 11) is 0. The number of thiocarbonyl (C=S) groups is 1. The van der Waals surface area contributed by atoms with E-state index in [0.29, 0.717) is 34.7 Å². The van der Waals surface area contributed by atoms with E-state index < -0.39 is 6.04 Å². The maximum absolute atomic E-state index is 13.7. The molecule has 2 fully saturated rings. The van der Waals surface area contributed by atoms with Gasteiger partial charge < -0.3 is 25.6 Å². The van der Waals surface area contributed by atoms with Crippen molar-refractivity contribution < 1.29 is 19.1 Å². The molecule has 0 unspecified atom stereocenters. The first-order chi connectivity index (χ1) is 20.8. The number of rotatable bonds is 15. The number of nitrogens with zero attached hydrogens (tertiary/aromatic N) is 3. The van der Waals surface area contributed by atoms with Gasteiger partial charge in [-0.1, -0.05) is 37.8 Å². The number of halogens is 1. The number of benzene rings is 2. The molecule has 0 radical (unpaired) electrons. The minimum absolute atomic E-state index is 0.0389. The van der Waals surface area contributed by atoms with E-state index in [2.05, 4.69) is 17.1 Å². The summed E-state index contributed by atoms with van der Waals surface area (Å²) in [5.74, 6) is -0.0434. The minimum atomic E-state index is -0.727. The van der Waals surface area contributed by atoms with Crippen molar-refractivity contribution in [3.05, 3.63) is 53.6 Å². The Labute approximate surface area is 264 Å². The van der Waals surface area contributed by atoms with Gasteiger partial charge in [-0.25, -0.2) is 0 Å². The van der Waals surface area contributed by atoms with Crippen LogP contribution in [0.3, 0.4) is 0 Å². The Morgan fingerprint density at radius 3 is 2.35 bits per heavy atom. The van der Waals surface area contributed by atoms with Crippen LogP contribution in [0.4, 0.5) is 11.4 Å². The quantitative estimate of drug-likeness (QED) is 0.206. The highest BCUT2D eigenvalue weighted by Crippen LogP contribution is 2.29. The summed E-state index contributed by atoms with van der Waals surface area (Å²) >= 11 is 11.9. The molecule has 2 aromatic carbocycles. The molecule has 3 N–H and O–H groups in total. The van der Waals surface area contributed by atoms with Crippen molar-refractivity contribution in [2.24, 2.45) is 11.7 Å². The van der Waals surface area contributed by atoms with Gasteiger partial charge in [0.2, 0.25) is 11.8 Å². The van der Waals surface area contributed by atoms with Gasteiger partial charge in [0.1, 0.15) is 11.8 Å². The summed E-state index contributed by atoms with van der Waals surface area (Å²) in [4.78, 5) is 44.0. The lowest BCUT2D eigenvalue weighted by Crippen LogP contribution is -2.41. The van der Waals surface area contributed by atoms with Gasteiger partial charge in [0.05, 0.1) is 18.7 Å². The number of hydrogen-bond acceptors (Lipinski definition) is 6. The molecule has 2 heterocycles. The third-order valence-electron chi connectivity index (χ3n) is 8.05. The molecule has 2 aliphatic rings. The predicted molar refractivity (Wildman–Crippen MR) is 174 cm³/mol. The topological polar surface area (TPSA) is 108 Å². The number of nitrogens with two attached hydrogens (primary N) is 1. The molecule has 0 aromatic heterocycles. The third-order valence-corrected chi connectivity index (χ3v) is 8.72. The van der Waals surface area contributed by atoms with Crippen LogP contribution in [0, 0.1) is 5.92 Å². The van der Waals surface area contributed by atoms with Gasteiger partial charge in [0.15, 0.2) is 5.11 Å². The van der Waals surface area contributed by atoms with Crippen molar-refractivity contribution in [2.45, 2.75) is 64.3 Å². The van der Waals surface area contributed by atoms with Gasteiger partial charge in [-0.2, -0.15) is 0 Å². The van der Waals surface area contributed by atoms with Crippen LogP contribution < -0.4 is 20.7 Å². The monoisotopic (exact) mass is 627 g/mol. The molecule has 0 saturated carbocycles. The summed E-state index contributed by atoms with van der Waals surface area (Å²) in [6, 6.07) is 13.5. The molecule has 1 atom stereocenters. The number of nitrogens with one attached hydrogen (secondary N) is 1. The number of unbranched alkanes of at least 4 members (excludes halogenated alkanes) is 3. The van der Waals surface area contributed by atoms with Crippen LogP contribution in [0.5, 0.6) is 5.75 Å². The second-order valence-corrected chi connectivity index (χ2v) is 12.0. The molecule has 3 amide bonds. The Bertz CT molecular complexity index is 1250. The predicted octanol–water partition coefficient (Wildman–Crippen LogP) is 5.22. The highest BCUT2D eigenvalue weighted by molar-refractivity contribution is 7.80. The maximum atomic E-state index is 13.7. The number of ether oxygens (including phenoxy) is 1. The Morgan fingerprint density at radius 1 is 1.00 bits per heavy atom. The molecule has 0 aliphatic carbocycles. The van der Waals surface area contributed by atoms with Crippen molar-refractivity contribution in [1.82, 2.24) is 9.80 Å². The molecule has 2 aromatic rings. The first-order valence-electron chi connectivity index (χ1n) is 15.2. The summed E-state index contributed by atoms with van der Waals surface area (Å²) in [6.45, 7) is 5.78. The Kier molecular flexibility index (Phi) is 12.2. The zero-order valence-corrected chi connectivity index (χ0v) is 26.4. The van der Waals surface area contributed by atoms with E-state index in [0.717, 1.165) is 57.5 Å². The highest BCUT2D eigenvalue weighted by Gasteiger charge is 2.44. The largest absolute Gasteiger partial charge is 0.494 e. The molecule has 2 aliphatic heterocycles. The van der Waals surface area contributed by atoms with Gasteiger partial charge in [-0.05, 0) is 106 Å². The van der Waals surface area contributed by atoms with Crippen LogP contribution in [0.25, 0.3) is 0 Å². The van der Waals surface area contributed by atoms with Gasteiger partial charge in [0.25, 0.3) is 5.91 Å². The lowest BCUT2D eigenvalue weighted by Gasteiger charge is -2.31. The van der Waals surface area contributed by atoms with Crippen LogP contribution in [-0.2, 0) is 14.4 Å². The lowest BCUT2D eigenvalue weighted by atomic mass is 9.96. The van der Waals surface area contributed by atoms with Crippen LogP contribution in [0.15, 0.2) is 48.5 Å². The van der Waals surface area contributed by atoms with E-state index >= 15 is 0 Å². The molecule has 4 rings (SSSR count). The number of anilines is 2. The highest BCUT2D eigenvalue weighted by atomic mass is 35.5. The van der Waals surface area contributed by atoms with E-state index in [1.54, 1.807) is 36.4 Å². The fourth-order valence-corrected chi connectivity index (χ4v) is 6.10. The summed E-state index contributed by atoms with van der Waals surface area (Å²) in [5, 5.41) is 3.85. The smallest absolute Gasteiger partial charge is 0.256 e. The fourth-order valence-electron chi connectivity index (χ4n) is 5.56. The lowest BCUT2D eigenvalue weighted by molar-refractivity contribution is -0.124. The average Bonchev–Trinajstić information content (AvgIpc) is 3.22. The van der Waals surface area contributed by atoms with Crippen LogP contribution in [0.2, 0.25) is 5.02 Å². The molecule has 11 heteroatoms. The normalized spacial score (nSPS) is 17.9. The first-order valence-corrected chi connectivity index (χ1v) is 16.0. The second kappa shape index (κ2) is 16.0. The second-order valence-electron chi connectivity index (χ2n) is 11.2. The number of likely N-dealkylation sites (tertiary alicyclic amines) is 1. The van der Waals surface area contributed by atoms with Crippen molar-refractivity contribution in [3.63, 3.8) is 0 Å². The van der Waals surface area contributed by atoms with E-state index in [1.165, 1.54) is 17.7 Å². The van der Waals surface area contributed by atoms with Crippen LogP contribution in [0.1, 0.15) is 58.3 Å². The molecule has 232 valence electrons. The van der Waals surface area contributed by atoms with E-state index in [1.807, 2.05) is 17.0 Å². The molecular weight excluding hydrogens is 586 g/mol. The summed E-state index contributed by atoms with van der Waals surface area (Å²) < 4.78 is 5.80. The SMILES string of the molecule is CCCCCCOc1ccc(NC(=O)C[C@@H]2C(=O)N(c3ccc(Cl)cc3)C(=S)N2CCCN2CCC(C(N)=O)CC2)cc1. The molecular formula is C32H42ClN5O4S. The van der Waals surface area contributed by atoms with E-state index in [-0.39, 0.29) is 30.1 Å². The number of piperidine rings is 1. The Balaban J connectivity index is 1.36. The minimum Gasteiger partial charge on any atom is -0.494 e. The zero-order valence-electron chi connectivity index (χ0n) is 24.8.